The van der Waals surface area contributed by atoms with E-state index in [1.54, 1.807) is 12.3 Å². The third kappa shape index (κ3) is 4.23. The molecule has 2 heterocycles. The van der Waals surface area contributed by atoms with Crippen molar-refractivity contribution in [3.63, 3.8) is 0 Å². The van der Waals surface area contributed by atoms with E-state index in [9.17, 15) is 21.6 Å². The molecule has 0 spiro atoms. The molecular weight excluding hydrogens is 367 g/mol. The predicted octanol–water partition coefficient (Wildman–Crippen LogP) is 3.47. The molecule has 140 valence electrons. The van der Waals surface area contributed by atoms with Crippen molar-refractivity contribution in [2.75, 3.05) is 5.75 Å². The molecule has 0 fully saturated rings. The van der Waals surface area contributed by atoms with Crippen LogP contribution in [0, 0.1) is 0 Å². The van der Waals surface area contributed by atoms with Gasteiger partial charge in [0.05, 0.1) is 5.69 Å². The van der Waals surface area contributed by atoms with Gasteiger partial charge in [-0.1, -0.05) is 18.2 Å². The second-order valence-electron chi connectivity index (χ2n) is 5.92. The molecule has 0 aliphatic heterocycles. The van der Waals surface area contributed by atoms with Gasteiger partial charge in [-0.05, 0) is 23.8 Å². The van der Waals surface area contributed by atoms with E-state index in [4.69, 9.17) is 0 Å². The Morgan fingerprint density at radius 2 is 1.92 bits per heavy atom. The first-order valence-corrected chi connectivity index (χ1v) is 9.33. The number of sulfonamides is 1. The van der Waals surface area contributed by atoms with Crippen LogP contribution in [0.3, 0.4) is 0 Å². The van der Waals surface area contributed by atoms with E-state index in [-0.39, 0.29) is 7.97 Å². The Bertz CT molecular complexity index is 1050. The highest BCUT2D eigenvalue weighted by atomic mass is 32.2. The maximum Gasteiger partial charge on any atom is 0.404 e. The molecule has 1 N–H and O–H groups in total. The molecule has 0 bridgehead atoms. The van der Waals surface area contributed by atoms with Crippen molar-refractivity contribution in [2.24, 2.45) is 7.05 Å². The number of aromatic nitrogens is 2. The molecule has 3 aromatic rings. The molecule has 26 heavy (non-hydrogen) atoms. The first-order valence-electron chi connectivity index (χ1n) is 7.67. The zero-order valence-electron chi connectivity index (χ0n) is 13.8. The van der Waals surface area contributed by atoms with Gasteiger partial charge in [-0.2, -0.15) is 13.2 Å². The number of nitrogens with one attached hydrogen (secondary N) is 1. The summed E-state index contributed by atoms with van der Waals surface area (Å²) in [5.74, 6) is -1.91. The number of hydrogen-bond acceptors (Lipinski definition) is 3. The lowest BCUT2D eigenvalue weighted by atomic mass is 10.1. The minimum atomic E-state index is -4.78. The predicted molar refractivity (Wildman–Crippen MR) is 94.9 cm³/mol. The average molecular weight is 385 g/mol. The molecule has 0 aliphatic carbocycles. The Balaban J connectivity index is 0.00000261. The standard InChI is InChI=1S/C17H16F3N3O2S.H2/c1-23-15-5-3-2-4-13(15)7-16(23)14-6-12(8-21-10-14)9-22-26(24,25)11-17(18,19)20;/h2-8,10,22H,9,11H2,1H3;1H. The highest BCUT2D eigenvalue weighted by Crippen LogP contribution is 2.27. The molecule has 3 rings (SSSR count). The van der Waals surface area contributed by atoms with Gasteiger partial charge in [-0.3, -0.25) is 4.98 Å². The maximum atomic E-state index is 12.3. The van der Waals surface area contributed by atoms with E-state index >= 15 is 0 Å². The molecular formula is C17H18F3N3O2S. The number of benzene rings is 1. The topological polar surface area (TPSA) is 64.0 Å². The largest absolute Gasteiger partial charge is 0.404 e. The van der Waals surface area contributed by atoms with Gasteiger partial charge in [-0.25, -0.2) is 13.1 Å². The van der Waals surface area contributed by atoms with Gasteiger partial charge in [0, 0.05) is 43.9 Å². The van der Waals surface area contributed by atoms with Gasteiger partial charge in [0.25, 0.3) is 0 Å². The van der Waals surface area contributed by atoms with Gasteiger partial charge in [0.2, 0.25) is 10.0 Å². The molecule has 0 atom stereocenters. The van der Waals surface area contributed by atoms with E-state index in [1.807, 2.05) is 46.7 Å². The molecule has 0 amide bonds. The number of halogens is 3. The lowest BCUT2D eigenvalue weighted by molar-refractivity contribution is -0.106. The molecule has 1 aromatic carbocycles. The Hall–Kier alpha value is -2.39. The van der Waals surface area contributed by atoms with Crippen LogP contribution in [0.1, 0.15) is 6.99 Å². The van der Waals surface area contributed by atoms with Gasteiger partial charge in [0.15, 0.2) is 5.75 Å². The fourth-order valence-corrected chi connectivity index (χ4v) is 3.67. The summed E-state index contributed by atoms with van der Waals surface area (Å²) >= 11 is 0. The van der Waals surface area contributed by atoms with E-state index in [0.29, 0.717) is 5.56 Å². The van der Waals surface area contributed by atoms with E-state index < -0.39 is 22.0 Å². The number of hydrogen-bond donors (Lipinski definition) is 1. The fraction of sp³-hybridized carbons (Fsp3) is 0.235. The summed E-state index contributed by atoms with van der Waals surface area (Å²) in [7, 11) is -2.55. The number of para-hydroxylation sites is 1. The zero-order valence-corrected chi connectivity index (χ0v) is 14.6. The highest BCUT2D eigenvalue weighted by molar-refractivity contribution is 7.89. The first-order chi connectivity index (χ1) is 12.1. The summed E-state index contributed by atoms with van der Waals surface area (Å²) in [6, 6.07) is 11.5. The minimum absolute atomic E-state index is 0. The summed E-state index contributed by atoms with van der Waals surface area (Å²) in [4.78, 5) is 4.08. The van der Waals surface area contributed by atoms with Crippen LogP contribution >= 0.6 is 0 Å². The summed E-state index contributed by atoms with van der Waals surface area (Å²) in [6.07, 6.45) is -1.74. The smallest absolute Gasteiger partial charge is 0.344 e. The van der Waals surface area contributed by atoms with Crippen molar-refractivity contribution < 1.29 is 23.0 Å². The van der Waals surface area contributed by atoms with Gasteiger partial charge in [-0.15, -0.1) is 0 Å². The Morgan fingerprint density at radius 3 is 2.62 bits per heavy atom. The first kappa shape index (κ1) is 18.4. The second kappa shape index (κ2) is 6.73. The van der Waals surface area contributed by atoms with Crippen LogP contribution < -0.4 is 4.72 Å². The molecule has 0 radical (unpaired) electrons. The SMILES string of the molecule is Cn1c(-c2cncc(CNS(=O)(=O)CC(F)(F)F)c2)cc2ccccc21.[HH]. The number of rotatable bonds is 5. The third-order valence-corrected chi connectivity index (χ3v) is 5.18. The number of fused-ring (bicyclic) bond motifs is 1. The Labute approximate surface area is 150 Å². The normalized spacial score (nSPS) is 12.6. The van der Waals surface area contributed by atoms with Crippen molar-refractivity contribution in [3.8, 4) is 11.3 Å². The number of nitrogens with zero attached hydrogens (tertiary/aromatic N) is 2. The summed E-state index contributed by atoms with van der Waals surface area (Å²) < 4.78 is 63.7. The minimum Gasteiger partial charge on any atom is -0.344 e. The molecule has 5 nitrogen and oxygen atoms in total. The van der Waals surface area contributed by atoms with Gasteiger partial charge in [0.1, 0.15) is 0 Å². The monoisotopic (exact) mass is 385 g/mol. The van der Waals surface area contributed by atoms with Gasteiger partial charge < -0.3 is 4.57 Å². The lowest BCUT2D eigenvalue weighted by Gasteiger charge is -2.10. The molecule has 2 aromatic heterocycles. The van der Waals surface area contributed by atoms with Crippen LogP contribution in [0.25, 0.3) is 22.2 Å². The fourth-order valence-electron chi connectivity index (χ4n) is 2.75. The molecule has 0 saturated heterocycles. The maximum absolute atomic E-state index is 12.3. The van der Waals surface area contributed by atoms with E-state index in [1.165, 1.54) is 6.20 Å². The zero-order chi connectivity index (χ0) is 18.9. The van der Waals surface area contributed by atoms with Crippen LogP contribution in [0.5, 0.6) is 0 Å². The summed E-state index contributed by atoms with van der Waals surface area (Å²) in [5, 5.41) is 1.04. The molecule has 0 saturated carbocycles. The Kier molecular flexibility index (Phi) is 4.76. The van der Waals surface area contributed by atoms with Crippen LogP contribution in [-0.2, 0) is 23.6 Å². The number of pyridine rings is 1. The van der Waals surface area contributed by atoms with Crippen molar-refractivity contribution in [1.29, 1.82) is 0 Å². The van der Waals surface area contributed by atoms with Crippen molar-refractivity contribution in [2.45, 2.75) is 12.7 Å². The average Bonchev–Trinajstić information content (AvgIpc) is 2.89. The number of aryl methyl sites for hydroxylation is 1. The molecule has 0 unspecified atom stereocenters. The Morgan fingerprint density at radius 1 is 1.19 bits per heavy atom. The third-order valence-electron chi connectivity index (χ3n) is 3.89. The van der Waals surface area contributed by atoms with Crippen molar-refractivity contribution in [1.82, 2.24) is 14.3 Å². The summed E-state index contributed by atoms with van der Waals surface area (Å²) in [5.41, 5.74) is 3.12. The van der Waals surface area contributed by atoms with Crippen molar-refractivity contribution in [3.05, 3.63) is 54.4 Å². The lowest BCUT2D eigenvalue weighted by Crippen LogP contribution is -2.33. The highest BCUT2D eigenvalue weighted by Gasteiger charge is 2.34. The van der Waals surface area contributed by atoms with Crippen LogP contribution in [-0.4, -0.2) is 29.9 Å². The second-order valence-corrected chi connectivity index (χ2v) is 7.73. The van der Waals surface area contributed by atoms with E-state index in [0.717, 1.165) is 22.2 Å². The molecule has 9 heteroatoms. The van der Waals surface area contributed by atoms with Crippen molar-refractivity contribution >= 4 is 20.9 Å². The summed E-state index contributed by atoms with van der Waals surface area (Å²) in [6.45, 7) is -0.261. The van der Waals surface area contributed by atoms with E-state index in [2.05, 4.69) is 4.98 Å². The number of alkyl halides is 3. The van der Waals surface area contributed by atoms with Crippen LogP contribution in [0.4, 0.5) is 13.2 Å². The van der Waals surface area contributed by atoms with Crippen LogP contribution in [0.2, 0.25) is 0 Å². The molecule has 0 aliphatic rings. The van der Waals surface area contributed by atoms with Gasteiger partial charge >= 0.3 is 6.18 Å². The van der Waals surface area contributed by atoms with Crippen LogP contribution in [0.15, 0.2) is 48.8 Å². The quantitative estimate of drug-likeness (QED) is 0.732.